The van der Waals surface area contributed by atoms with Gasteiger partial charge in [-0.25, -0.2) is 0 Å². The molecule has 0 amide bonds. The van der Waals surface area contributed by atoms with Crippen molar-refractivity contribution < 1.29 is 0 Å². The fourth-order valence-corrected chi connectivity index (χ4v) is 2.91. The zero-order valence-electron chi connectivity index (χ0n) is 11.8. The highest BCUT2D eigenvalue weighted by molar-refractivity contribution is 5.96. The number of aryl methyl sites for hydroxylation is 1. The van der Waals surface area contributed by atoms with Gasteiger partial charge in [-0.05, 0) is 54.0 Å². The van der Waals surface area contributed by atoms with Gasteiger partial charge in [0, 0.05) is 5.56 Å². The number of nitrogen functional groups attached to an aromatic ring is 1. The molecule has 1 aliphatic rings. The Bertz CT molecular complexity index is 654. The van der Waals surface area contributed by atoms with Gasteiger partial charge in [-0.2, -0.15) is 0 Å². The minimum atomic E-state index is 0.155. The Morgan fingerprint density at radius 2 is 1.85 bits per heavy atom. The molecule has 0 atom stereocenters. The molecule has 2 aromatic carbocycles. The summed E-state index contributed by atoms with van der Waals surface area (Å²) in [5.41, 5.74) is 11.7. The van der Waals surface area contributed by atoms with Gasteiger partial charge in [0.05, 0.1) is 0 Å². The van der Waals surface area contributed by atoms with Crippen molar-refractivity contribution in [2.75, 3.05) is 0 Å². The van der Waals surface area contributed by atoms with E-state index in [2.05, 4.69) is 43.3 Å². The fourth-order valence-electron chi connectivity index (χ4n) is 2.91. The Morgan fingerprint density at radius 1 is 1.10 bits per heavy atom. The molecule has 0 bridgehead atoms. The molecule has 0 aliphatic heterocycles. The molecule has 20 heavy (non-hydrogen) atoms. The van der Waals surface area contributed by atoms with E-state index in [4.69, 9.17) is 11.1 Å². The molecular formula is C18H20N2. The molecule has 1 saturated carbocycles. The van der Waals surface area contributed by atoms with Crippen molar-refractivity contribution in [3.63, 3.8) is 0 Å². The van der Waals surface area contributed by atoms with Crippen LogP contribution in [0.25, 0.3) is 11.1 Å². The molecule has 0 aromatic heterocycles. The van der Waals surface area contributed by atoms with Crippen LogP contribution < -0.4 is 5.73 Å². The smallest absolute Gasteiger partial charge is 0.122 e. The van der Waals surface area contributed by atoms with Gasteiger partial charge in [-0.3, -0.25) is 5.41 Å². The van der Waals surface area contributed by atoms with Gasteiger partial charge in [0.1, 0.15) is 5.84 Å². The topological polar surface area (TPSA) is 49.9 Å². The molecule has 0 heterocycles. The van der Waals surface area contributed by atoms with Gasteiger partial charge in [0.25, 0.3) is 0 Å². The summed E-state index contributed by atoms with van der Waals surface area (Å²) in [5, 5.41) is 7.64. The third kappa shape index (κ3) is 2.22. The van der Waals surface area contributed by atoms with Crippen LogP contribution in [0.2, 0.25) is 0 Å². The monoisotopic (exact) mass is 264 g/mol. The van der Waals surface area contributed by atoms with E-state index in [0.717, 1.165) is 5.56 Å². The first-order valence-electron chi connectivity index (χ1n) is 7.21. The van der Waals surface area contributed by atoms with Crippen LogP contribution in [0.3, 0.4) is 0 Å². The molecule has 3 rings (SSSR count). The Kier molecular flexibility index (Phi) is 3.31. The first kappa shape index (κ1) is 12.9. The molecule has 2 aromatic rings. The molecule has 0 spiro atoms. The fraction of sp³-hybridized carbons (Fsp3) is 0.278. The summed E-state index contributed by atoms with van der Waals surface area (Å²) >= 11 is 0. The minimum absolute atomic E-state index is 0.155. The number of hydrogen-bond donors (Lipinski definition) is 2. The molecular weight excluding hydrogens is 244 g/mol. The average molecular weight is 264 g/mol. The predicted octanol–water partition coefficient (Wildman–Crippen LogP) is 4.21. The van der Waals surface area contributed by atoms with Crippen molar-refractivity contribution in [1.82, 2.24) is 0 Å². The first-order valence-corrected chi connectivity index (χ1v) is 7.21. The van der Waals surface area contributed by atoms with Gasteiger partial charge in [-0.1, -0.05) is 42.8 Å². The minimum Gasteiger partial charge on any atom is -0.384 e. The summed E-state index contributed by atoms with van der Waals surface area (Å²) in [6.07, 6.45) is 3.81. The van der Waals surface area contributed by atoms with E-state index in [-0.39, 0.29) is 5.84 Å². The van der Waals surface area contributed by atoms with Crippen LogP contribution in [0.1, 0.15) is 41.9 Å². The number of hydrogen-bond acceptors (Lipinski definition) is 1. The first-order chi connectivity index (χ1) is 9.66. The van der Waals surface area contributed by atoms with Crippen molar-refractivity contribution in [3.8, 4) is 11.1 Å². The maximum atomic E-state index is 7.64. The summed E-state index contributed by atoms with van der Waals surface area (Å²) in [4.78, 5) is 0. The normalized spacial score (nSPS) is 14.8. The number of amidine groups is 1. The highest BCUT2D eigenvalue weighted by atomic mass is 14.7. The largest absolute Gasteiger partial charge is 0.384 e. The second kappa shape index (κ2) is 5.12. The van der Waals surface area contributed by atoms with Crippen LogP contribution >= 0.6 is 0 Å². The average Bonchev–Trinajstić information content (AvgIpc) is 2.37. The van der Waals surface area contributed by atoms with Crippen LogP contribution in [0.5, 0.6) is 0 Å². The van der Waals surface area contributed by atoms with Crippen LogP contribution in [0, 0.1) is 12.3 Å². The zero-order valence-corrected chi connectivity index (χ0v) is 11.8. The quantitative estimate of drug-likeness (QED) is 0.633. The summed E-state index contributed by atoms with van der Waals surface area (Å²) in [6.45, 7) is 2.15. The molecule has 1 fully saturated rings. The number of rotatable bonds is 3. The maximum Gasteiger partial charge on any atom is 0.122 e. The Balaban J connectivity index is 2.14. The predicted molar refractivity (Wildman–Crippen MR) is 84.2 cm³/mol. The van der Waals surface area contributed by atoms with Gasteiger partial charge >= 0.3 is 0 Å². The summed E-state index contributed by atoms with van der Waals surface area (Å²) < 4.78 is 0. The van der Waals surface area contributed by atoms with Gasteiger partial charge in [0.15, 0.2) is 0 Å². The second-order valence-electron chi connectivity index (χ2n) is 5.66. The SMILES string of the molecule is Cc1ccccc1-c1ccc(C(=N)N)cc1C1CCC1. The summed E-state index contributed by atoms with van der Waals surface area (Å²) in [5.74, 6) is 0.783. The number of nitrogens with two attached hydrogens (primary N) is 1. The third-order valence-corrected chi connectivity index (χ3v) is 4.34. The van der Waals surface area contributed by atoms with E-state index in [1.807, 2.05) is 6.07 Å². The van der Waals surface area contributed by atoms with E-state index < -0.39 is 0 Å². The van der Waals surface area contributed by atoms with Crippen LogP contribution in [-0.2, 0) is 0 Å². The number of nitrogens with one attached hydrogen (secondary N) is 1. The lowest BCUT2D eigenvalue weighted by molar-refractivity contribution is 0.420. The summed E-state index contributed by atoms with van der Waals surface area (Å²) in [6, 6.07) is 14.7. The molecule has 2 nitrogen and oxygen atoms in total. The van der Waals surface area contributed by atoms with Gasteiger partial charge < -0.3 is 5.73 Å². The van der Waals surface area contributed by atoms with Crippen molar-refractivity contribution in [2.24, 2.45) is 5.73 Å². The standard InChI is InChI=1S/C18H20N2/c1-12-5-2-3-8-15(12)16-10-9-14(18(19)20)11-17(16)13-6-4-7-13/h2-3,5,8-11,13H,4,6-7H2,1H3,(H3,19,20). The van der Waals surface area contributed by atoms with Crippen LogP contribution in [-0.4, -0.2) is 5.84 Å². The zero-order chi connectivity index (χ0) is 14.1. The van der Waals surface area contributed by atoms with Gasteiger partial charge in [-0.15, -0.1) is 0 Å². The molecule has 1 aliphatic carbocycles. The van der Waals surface area contributed by atoms with E-state index in [9.17, 15) is 0 Å². The lowest BCUT2D eigenvalue weighted by Gasteiger charge is -2.29. The molecule has 102 valence electrons. The van der Waals surface area contributed by atoms with E-state index in [1.165, 1.54) is 41.5 Å². The van der Waals surface area contributed by atoms with Crippen LogP contribution in [0.15, 0.2) is 42.5 Å². The van der Waals surface area contributed by atoms with E-state index in [1.54, 1.807) is 0 Å². The van der Waals surface area contributed by atoms with E-state index >= 15 is 0 Å². The number of benzene rings is 2. The molecule has 3 N–H and O–H groups in total. The lowest BCUT2D eigenvalue weighted by Crippen LogP contribution is -2.15. The Morgan fingerprint density at radius 3 is 2.45 bits per heavy atom. The van der Waals surface area contributed by atoms with Crippen molar-refractivity contribution in [1.29, 1.82) is 5.41 Å². The highest BCUT2D eigenvalue weighted by Crippen LogP contribution is 2.42. The van der Waals surface area contributed by atoms with Crippen LogP contribution in [0.4, 0.5) is 0 Å². The van der Waals surface area contributed by atoms with Crippen molar-refractivity contribution in [2.45, 2.75) is 32.1 Å². The summed E-state index contributed by atoms with van der Waals surface area (Å²) in [7, 11) is 0. The molecule has 0 unspecified atom stereocenters. The third-order valence-electron chi connectivity index (χ3n) is 4.34. The van der Waals surface area contributed by atoms with Crippen molar-refractivity contribution in [3.05, 3.63) is 59.2 Å². The van der Waals surface area contributed by atoms with E-state index in [0.29, 0.717) is 5.92 Å². The lowest BCUT2D eigenvalue weighted by atomic mass is 9.76. The Hall–Kier alpha value is -2.09. The molecule has 0 saturated heterocycles. The maximum absolute atomic E-state index is 7.64. The molecule has 0 radical (unpaired) electrons. The highest BCUT2D eigenvalue weighted by Gasteiger charge is 2.23. The van der Waals surface area contributed by atoms with Gasteiger partial charge in [0.2, 0.25) is 0 Å². The molecule has 2 heteroatoms. The van der Waals surface area contributed by atoms with Crippen molar-refractivity contribution >= 4 is 5.84 Å². The second-order valence-corrected chi connectivity index (χ2v) is 5.66. The Labute approximate surface area is 120 Å².